The van der Waals surface area contributed by atoms with E-state index >= 15 is 0 Å². The molecule has 1 aromatic carbocycles. The maximum Gasteiger partial charge on any atom is 0.143 e. The van der Waals surface area contributed by atoms with Crippen LogP contribution in [0.5, 0.6) is 0 Å². The maximum absolute atomic E-state index is 6.21. The van der Waals surface area contributed by atoms with E-state index in [0.717, 1.165) is 16.5 Å². The third-order valence-electron chi connectivity index (χ3n) is 2.84. The monoisotopic (exact) mass is 289 g/mol. The van der Waals surface area contributed by atoms with Crippen molar-refractivity contribution in [3.05, 3.63) is 52.6 Å². The SMILES string of the molecule is Nc1nc(-c2cccc3cccnc23)c(Cl)cc1Cl. The summed E-state index contributed by atoms with van der Waals surface area (Å²) in [6, 6.07) is 11.3. The maximum atomic E-state index is 6.21. The van der Waals surface area contributed by atoms with Gasteiger partial charge in [0.1, 0.15) is 5.82 Å². The van der Waals surface area contributed by atoms with Crippen LogP contribution in [0.1, 0.15) is 0 Å². The number of rotatable bonds is 1. The minimum Gasteiger partial charge on any atom is -0.382 e. The predicted octanol–water partition coefficient (Wildman–Crippen LogP) is 4.19. The van der Waals surface area contributed by atoms with E-state index in [1.54, 1.807) is 12.3 Å². The third-order valence-corrected chi connectivity index (χ3v) is 3.44. The lowest BCUT2D eigenvalue weighted by molar-refractivity contribution is 1.32. The number of hydrogen-bond donors (Lipinski definition) is 1. The van der Waals surface area contributed by atoms with E-state index in [1.165, 1.54) is 0 Å². The van der Waals surface area contributed by atoms with Gasteiger partial charge in [-0.2, -0.15) is 0 Å². The molecule has 0 saturated carbocycles. The fourth-order valence-corrected chi connectivity index (χ4v) is 2.43. The van der Waals surface area contributed by atoms with Gasteiger partial charge >= 0.3 is 0 Å². The van der Waals surface area contributed by atoms with Crippen LogP contribution in [0.2, 0.25) is 10.0 Å². The summed E-state index contributed by atoms with van der Waals surface area (Å²) < 4.78 is 0. The highest BCUT2D eigenvalue weighted by Crippen LogP contribution is 2.34. The van der Waals surface area contributed by atoms with Crippen molar-refractivity contribution in [2.45, 2.75) is 0 Å². The number of halogens is 2. The van der Waals surface area contributed by atoms with Crippen molar-refractivity contribution >= 4 is 39.9 Å². The van der Waals surface area contributed by atoms with Crippen LogP contribution in [0.4, 0.5) is 5.82 Å². The molecular weight excluding hydrogens is 281 g/mol. The summed E-state index contributed by atoms with van der Waals surface area (Å²) in [5.74, 6) is 0.258. The van der Waals surface area contributed by atoms with Crippen molar-refractivity contribution in [2.24, 2.45) is 0 Å². The summed E-state index contributed by atoms with van der Waals surface area (Å²) in [5, 5.41) is 1.82. The Bertz CT molecular complexity index is 766. The molecule has 3 nitrogen and oxygen atoms in total. The summed E-state index contributed by atoms with van der Waals surface area (Å²) in [6.07, 6.45) is 1.74. The Balaban J connectivity index is 2.33. The van der Waals surface area contributed by atoms with Crippen LogP contribution in [0, 0.1) is 0 Å². The minimum atomic E-state index is 0.258. The molecule has 0 amide bonds. The largest absolute Gasteiger partial charge is 0.382 e. The van der Waals surface area contributed by atoms with E-state index in [4.69, 9.17) is 28.9 Å². The van der Waals surface area contributed by atoms with Gasteiger partial charge in [-0.25, -0.2) is 4.98 Å². The van der Waals surface area contributed by atoms with Gasteiger partial charge in [0.2, 0.25) is 0 Å². The highest BCUT2D eigenvalue weighted by atomic mass is 35.5. The van der Waals surface area contributed by atoms with Gasteiger partial charge in [0.05, 0.1) is 21.3 Å². The minimum absolute atomic E-state index is 0.258. The second-order valence-electron chi connectivity index (χ2n) is 4.07. The number of benzene rings is 1. The van der Waals surface area contributed by atoms with Gasteiger partial charge in [0, 0.05) is 17.1 Å². The molecule has 19 heavy (non-hydrogen) atoms. The lowest BCUT2D eigenvalue weighted by Crippen LogP contribution is -1.95. The Labute approximate surface area is 120 Å². The molecule has 0 bridgehead atoms. The molecule has 2 N–H and O–H groups in total. The Hall–Kier alpha value is -1.84. The highest BCUT2D eigenvalue weighted by molar-refractivity contribution is 6.37. The zero-order chi connectivity index (χ0) is 13.4. The molecule has 3 aromatic rings. The van der Waals surface area contributed by atoms with Gasteiger partial charge in [-0.1, -0.05) is 47.5 Å². The molecule has 94 valence electrons. The molecule has 0 unspecified atom stereocenters. The van der Waals surface area contributed by atoms with Crippen molar-refractivity contribution in [3.63, 3.8) is 0 Å². The summed E-state index contributed by atoms with van der Waals surface area (Å²) >= 11 is 12.1. The third kappa shape index (κ3) is 2.11. The summed E-state index contributed by atoms with van der Waals surface area (Å²) in [6.45, 7) is 0. The van der Waals surface area contributed by atoms with E-state index in [2.05, 4.69) is 9.97 Å². The van der Waals surface area contributed by atoms with Crippen LogP contribution in [0.25, 0.3) is 22.2 Å². The van der Waals surface area contributed by atoms with Crippen LogP contribution in [-0.4, -0.2) is 9.97 Å². The number of anilines is 1. The number of hydrogen-bond acceptors (Lipinski definition) is 3. The lowest BCUT2D eigenvalue weighted by atomic mass is 10.1. The second-order valence-corrected chi connectivity index (χ2v) is 4.88. The van der Waals surface area contributed by atoms with Crippen molar-refractivity contribution in [1.82, 2.24) is 9.97 Å². The smallest absolute Gasteiger partial charge is 0.143 e. The van der Waals surface area contributed by atoms with E-state index < -0.39 is 0 Å². The van der Waals surface area contributed by atoms with Crippen LogP contribution in [0.3, 0.4) is 0 Å². The molecule has 0 atom stereocenters. The quantitative estimate of drug-likeness (QED) is 0.731. The standard InChI is InChI=1S/C14H9Cl2N3/c15-10-7-11(16)14(17)19-13(10)9-5-1-3-8-4-2-6-18-12(8)9/h1-7H,(H2,17,19). The molecule has 0 fully saturated rings. The van der Waals surface area contributed by atoms with Crippen molar-refractivity contribution in [1.29, 1.82) is 0 Å². The lowest BCUT2D eigenvalue weighted by Gasteiger charge is -2.08. The van der Waals surface area contributed by atoms with Gasteiger partial charge in [-0.15, -0.1) is 0 Å². The van der Waals surface area contributed by atoms with Gasteiger partial charge in [-0.05, 0) is 12.1 Å². The fraction of sp³-hybridized carbons (Fsp3) is 0. The van der Waals surface area contributed by atoms with Crippen molar-refractivity contribution in [2.75, 3.05) is 5.73 Å². The topological polar surface area (TPSA) is 51.8 Å². The molecular formula is C14H9Cl2N3. The fourth-order valence-electron chi connectivity index (χ4n) is 1.96. The van der Waals surface area contributed by atoms with Crippen LogP contribution < -0.4 is 5.73 Å². The molecule has 0 aliphatic heterocycles. The first-order valence-corrected chi connectivity index (χ1v) is 6.38. The normalized spacial score (nSPS) is 10.8. The van der Waals surface area contributed by atoms with Crippen LogP contribution in [0.15, 0.2) is 42.6 Å². The number of nitrogens with zero attached hydrogens (tertiary/aromatic N) is 2. The Morgan fingerprint density at radius 1 is 1.00 bits per heavy atom. The first-order valence-electron chi connectivity index (χ1n) is 5.62. The number of fused-ring (bicyclic) bond motifs is 1. The van der Waals surface area contributed by atoms with E-state index in [-0.39, 0.29) is 5.82 Å². The number of nitrogen functional groups attached to an aromatic ring is 1. The number of pyridine rings is 2. The van der Waals surface area contributed by atoms with Crippen LogP contribution >= 0.6 is 23.2 Å². The molecule has 0 radical (unpaired) electrons. The summed E-state index contributed by atoms with van der Waals surface area (Å²) in [4.78, 5) is 8.64. The van der Waals surface area contributed by atoms with E-state index in [0.29, 0.717) is 15.7 Å². The molecule has 0 spiro atoms. The first-order chi connectivity index (χ1) is 9.16. The Morgan fingerprint density at radius 3 is 2.63 bits per heavy atom. The number of aromatic nitrogens is 2. The molecule has 0 aliphatic carbocycles. The van der Waals surface area contributed by atoms with Gasteiger partial charge in [0.15, 0.2) is 0 Å². The van der Waals surface area contributed by atoms with Gasteiger partial charge < -0.3 is 5.73 Å². The van der Waals surface area contributed by atoms with Gasteiger partial charge in [0.25, 0.3) is 0 Å². The van der Waals surface area contributed by atoms with E-state index in [9.17, 15) is 0 Å². The zero-order valence-electron chi connectivity index (χ0n) is 9.77. The Kier molecular flexibility index (Phi) is 3.01. The molecule has 0 aliphatic rings. The average Bonchev–Trinajstić information content (AvgIpc) is 2.42. The second kappa shape index (κ2) is 4.68. The first kappa shape index (κ1) is 12.2. The number of para-hydroxylation sites is 1. The van der Waals surface area contributed by atoms with Crippen LogP contribution in [-0.2, 0) is 0 Å². The summed E-state index contributed by atoms with van der Waals surface area (Å²) in [5.41, 5.74) is 8.01. The molecule has 3 rings (SSSR count). The summed E-state index contributed by atoms with van der Waals surface area (Å²) in [7, 11) is 0. The van der Waals surface area contributed by atoms with Gasteiger partial charge in [-0.3, -0.25) is 4.98 Å². The average molecular weight is 290 g/mol. The number of nitrogens with two attached hydrogens (primary N) is 1. The molecule has 5 heteroatoms. The molecule has 2 heterocycles. The zero-order valence-corrected chi connectivity index (χ0v) is 11.3. The van der Waals surface area contributed by atoms with Crippen molar-refractivity contribution < 1.29 is 0 Å². The van der Waals surface area contributed by atoms with E-state index in [1.807, 2.05) is 30.3 Å². The molecule has 0 saturated heterocycles. The predicted molar refractivity (Wildman–Crippen MR) is 79.4 cm³/mol. The highest BCUT2D eigenvalue weighted by Gasteiger charge is 2.12. The molecule has 2 aromatic heterocycles. The Morgan fingerprint density at radius 2 is 1.79 bits per heavy atom. The van der Waals surface area contributed by atoms with Crippen molar-refractivity contribution in [3.8, 4) is 11.3 Å².